The summed E-state index contributed by atoms with van der Waals surface area (Å²) in [6, 6.07) is 11.9. The monoisotopic (exact) mass is 407 g/mol. The van der Waals surface area contributed by atoms with Crippen LogP contribution in [0.5, 0.6) is 0 Å². The molecule has 1 aliphatic rings. The lowest BCUT2D eigenvalue weighted by molar-refractivity contribution is -0.137. The van der Waals surface area contributed by atoms with Gasteiger partial charge < -0.3 is 0 Å². The Labute approximate surface area is 169 Å². The molecule has 1 aliphatic heterocycles. The summed E-state index contributed by atoms with van der Waals surface area (Å²) in [6.07, 6.45) is -1.59. The summed E-state index contributed by atoms with van der Waals surface area (Å²) in [5.74, 6) is 0. The Bertz CT molecular complexity index is 1240. The molecule has 0 radical (unpaired) electrons. The fraction of sp³-hybridized carbons (Fsp3) is 0.143. The number of benzene rings is 2. The van der Waals surface area contributed by atoms with Gasteiger partial charge in [0.1, 0.15) is 12.1 Å². The second-order valence-electron chi connectivity index (χ2n) is 6.63. The Hall–Kier alpha value is -4.11. The van der Waals surface area contributed by atoms with E-state index in [1.54, 1.807) is 30.5 Å². The van der Waals surface area contributed by atoms with Crippen LogP contribution in [0.3, 0.4) is 0 Å². The zero-order chi connectivity index (χ0) is 21.5. The number of hydrogen-bond donors (Lipinski definition) is 0. The molecule has 4 rings (SSSR count). The second kappa shape index (κ2) is 7.05. The minimum atomic E-state index is -4.64. The molecule has 3 aromatic rings. The van der Waals surface area contributed by atoms with E-state index in [1.165, 1.54) is 11.1 Å². The molecule has 1 fully saturated rings. The van der Waals surface area contributed by atoms with Gasteiger partial charge in [0.2, 0.25) is 0 Å². The highest BCUT2D eigenvalue weighted by atomic mass is 19.4. The molecule has 6 nitrogen and oxygen atoms in total. The summed E-state index contributed by atoms with van der Waals surface area (Å²) in [7, 11) is 0. The van der Waals surface area contributed by atoms with Gasteiger partial charge in [0.15, 0.2) is 0 Å². The summed E-state index contributed by atoms with van der Waals surface area (Å²) in [6.45, 7) is -0.186. The Kier molecular flexibility index (Phi) is 4.52. The quantitative estimate of drug-likeness (QED) is 0.628. The number of urea groups is 1. The molecular weight excluding hydrogens is 395 g/mol. The molecule has 0 N–H and O–H groups in total. The average molecular weight is 407 g/mol. The molecule has 1 atom stereocenters. The summed E-state index contributed by atoms with van der Waals surface area (Å²) in [5, 5.41) is 20.4. The third kappa shape index (κ3) is 3.07. The lowest BCUT2D eigenvalue weighted by Crippen LogP contribution is -2.35. The molecule has 0 spiro atoms. The molecule has 2 aromatic carbocycles. The van der Waals surface area contributed by atoms with E-state index >= 15 is 0 Å². The predicted molar refractivity (Wildman–Crippen MR) is 103 cm³/mol. The number of fused-ring (bicyclic) bond motifs is 1. The zero-order valence-corrected chi connectivity index (χ0v) is 15.3. The highest BCUT2D eigenvalue weighted by Gasteiger charge is 2.42. The third-order valence-corrected chi connectivity index (χ3v) is 4.90. The van der Waals surface area contributed by atoms with E-state index in [2.05, 4.69) is 4.98 Å². The lowest BCUT2D eigenvalue weighted by atomic mass is 10.1. The van der Waals surface area contributed by atoms with Crippen molar-refractivity contribution in [3.8, 4) is 12.1 Å². The maximum atomic E-state index is 13.2. The van der Waals surface area contributed by atoms with Gasteiger partial charge in [0.25, 0.3) is 0 Å². The molecule has 1 saturated heterocycles. The highest BCUT2D eigenvalue weighted by Crippen LogP contribution is 2.37. The number of carbonyl (C=O) groups excluding carboxylic acids is 1. The zero-order valence-electron chi connectivity index (χ0n) is 15.3. The maximum absolute atomic E-state index is 13.2. The van der Waals surface area contributed by atoms with Gasteiger partial charge in [-0.05, 0) is 18.2 Å². The molecule has 2 heterocycles. The summed E-state index contributed by atoms with van der Waals surface area (Å²) in [5.41, 5.74) is -0.889. The number of rotatable bonds is 2. The van der Waals surface area contributed by atoms with Gasteiger partial charge in [0.05, 0.1) is 41.3 Å². The van der Waals surface area contributed by atoms with Crippen LogP contribution in [0.1, 0.15) is 11.1 Å². The van der Waals surface area contributed by atoms with E-state index in [-0.39, 0.29) is 17.8 Å². The van der Waals surface area contributed by atoms with Crippen molar-refractivity contribution in [1.82, 2.24) is 4.98 Å². The number of carbonyl (C=O) groups is 1. The van der Waals surface area contributed by atoms with Gasteiger partial charge >= 0.3 is 12.2 Å². The van der Waals surface area contributed by atoms with Crippen molar-refractivity contribution in [3.05, 3.63) is 66.0 Å². The van der Waals surface area contributed by atoms with Crippen LogP contribution >= 0.6 is 0 Å². The fourth-order valence-electron chi connectivity index (χ4n) is 3.49. The van der Waals surface area contributed by atoms with E-state index in [9.17, 15) is 28.5 Å². The Morgan fingerprint density at radius 3 is 2.53 bits per heavy atom. The van der Waals surface area contributed by atoms with Crippen LogP contribution in [0.4, 0.5) is 29.3 Å². The van der Waals surface area contributed by atoms with E-state index in [0.29, 0.717) is 11.1 Å². The number of amides is 2. The topological polar surface area (TPSA) is 84.0 Å². The molecule has 1 aromatic heterocycles. The first-order valence-corrected chi connectivity index (χ1v) is 8.79. The van der Waals surface area contributed by atoms with Crippen LogP contribution in [0, 0.1) is 22.7 Å². The first kappa shape index (κ1) is 19.2. The van der Waals surface area contributed by atoms with Gasteiger partial charge in [-0.2, -0.15) is 23.7 Å². The van der Waals surface area contributed by atoms with Crippen molar-refractivity contribution in [2.24, 2.45) is 0 Å². The standard InChI is InChI=1S/C21H12F3N5O/c22-21(23,24)15-6-5-13(8-25)18(7-15)28-12-16(9-26)29(20(28)30)19-11-27-10-14-3-1-2-4-17(14)19/h1-7,10-11,16H,12H2/t16-/m1/s1. The minimum absolute atomic E-state index is 0.0917. The van der Waals surface area contributed by atoms with Gasteiger partial charge in [-0.25, -0.2) is 4.79 Å². The molecule has 9 heteroatoms. The van der Waals surface area contributed by atoms with Crippen molar-refractivity contribution in [2.45, 2.75) is 12.2 Å². The second-order valence-corrected chi connectivity index (χ2v) is 6.63. The van der Waals surface area contributed by atoms with Crippen molar-refractivity contribution < 1.29 is 18.0 Å². The van der Waals surface area contributed by atoms with Crippen molar-refractivity contribution in [2.75, 3.05) is 16.3 Å². The summed E-state index contributed by atoms with van der Waals surface area (Å²) in [4.78, 5) is 19.6. The van der Waals surface area contributed by atoms with Crippen molar-refractivity contribution in [1.29, 1.82) is 10.5 Å². The SMILES string of the molecule is N#Cc1ccc(C(F)(F)F)cc1N1C[C@@H](C#N)N(c2cncc3ccccc23)C1=O. The van der Waals surface area contributed by atoms with Crippen LogP contribution in [0.2, 0.25) is 0 Å². The Morgan fingerprint density at radius 1 is 1.07 bits per heavy atom. The highest BCUT2D eigenvalue weighted by molar-refractivity contribution is 6.12. The van der Waals surface area contributed by atoms with Crippen molar-refractivity contribution in [3.63, 3.8) is 0 Å². The third-order valence-electron chi connectivity index (χ3n) is 4.90. The fourth-order valence-corrected chi connectivity index (χ4v) is 3.49. The lowest BCUT2D eigenvalue weighted by Gasteiger charge is -2.22. The number of halogens is 3. The van der Waals surface area contributed by atoms with E-state index in [4.69, 9.17) is 0 Å². The number of nitriles is 2. The van der Waals surface area contributed by atoms with Crippen LogP contribution in [-0.4, -0.2) is 23.6 Å². The van der Waals surface area contributed by atoms with Crippen LogP contribution in [0.25, 0.3) is 10.8 Å². The smallest absolute Gasteiger partial charge is 0.289 e. The predicted octanol–water partition coefficient (Wildman–Crippen LogP) is 4.46. The van der Waals surface area contributed by atoms with Crippen LogP contribution in [0.15, 0.2) is 54.9 Å². The summed E-state index contributed by atoms with van der Waals surface area (Å²) >= 11 is 0. The molecular formula is C21H12F3N5O. The average Bonchev–Trinajstić information content (AvgIpc) is 3.08. The van der Waals surface area contributed by atoms with Gasteiger partial charge in [-0.15, -0.1) is 0 Å². The Morgan fingerprint density at radius 2 is 1.83 bits per heavy atom. The number of hydrogen-bond acceptors (Lipinski definition) is 4. The van der Waals surface area contributed by atoms with Crippen molar-refractivity contribution >= 4 is 28.2 Å². The van der Waals surface area contributed by atoms with E-state index < -0.39 is 23.8 Å². The molecule has 0 bridgehead atoms. The minimum Gasteiger partial charge on any atom is -0.289 e. The molecule has 0 aliphatic carbocycles. The van der Waals surface area contributed by atoms with Crippen LogP contribution < -0.4 is 9.80 Å². The van der Waals surface area contributed by atoms with E-state index in [1.807, 2.05) is 12.1 Å². The molecule has 30 heavy (non-hydrogen) atoms. The van der Waals surface area contributed by atoms with Crippen LogP contribution in [-0.2, 0) is 6.18 Å². The number of pyridine rings is 1. The largest absolute Gasteiger partial charge is 0.416 e. The first-order chi connectivity index (χ1) is 14.3. The van der Waals surface area contributed by atoms with E-state index in [0.717, 1.165) is 28.5 Å². The first-order valence-electron chi connectivity index (χ1n) is 8.79. The molecule has 0 saturated carbocycles. The molecule has 148 valence electrons. The molecule has 0 unspecified atom stereocenters. The molecule has 2 amide bonds. The number of alkyl halides is 3. The summed E-state index contributed by atoms with van der Waals surface area (Å²) < 4.78 is 39.6. The number of anilines is 2. The number of aromatic nitrogens is 1. The normalized spacial score (nSPS) is 16.6. The van der Waals surface area contributed by atoms with Gasteiger partial charge in [-0.3, -0.25) is 14.8 Å². The van der Waals surface area contributed by atoms with Gasteiger partial charge in [-0.1, -0.05) is 24.3 Å². The Balaban J connectivity index is 1.84. The van der Waals surface area contributed by atoms with Gasteiger partial charge in [0, 0.05) is 17.0 Å². The number of nitrogens with zero attached hydrogens (tertiary/aromatic N) is 5. The maximum Gasteiger partial charge on any atom is 0.416 e.